The molecule has 1 aliphatic heterocycles. The number of hydrogen-bond donors (Lipinski definition) is 1. The number of nitriles is 1. The fourth-order valence-corrected chi connectivity index (χ4v) is 3.85. The Morgan fingerprint density at radius 2 is 1.96 bits per heavy atom. The molecule has 4 rings (SSSR count). The summed E-state index contributed by atoms with van der Waals surface area (Å²) in [6, 6.07) is 22.1. The molecular formula is C22H18N2O2. The number of aliphatic carboxylic acids is 1. The van der Waals surface area contributed by atoms with E-state index < -0.39 is 5.97 Å². The molecule has 4 heteroatoms. The van der Waals surface area contributed by atoms with Crippen molar-refractivity contribution in [3.05, 3.63) is 77.4 Å². The minimum Gasteiger partial charge on any atom is -0.481 e. The van der Waals surface area contributed by atoms with Gasteiger partial charge in [0.25, 0.3) is 0 Å². The molecule has 1 aliphatic rings. The second-order valence-corrected chi connectivity index (χ2v) is 6.68. The molecule has 3 aromatic rings. The zero-order valence-electron chi connectivity index (χ0n) is 14.2. The molecule has 0 aliphatic carbocycles. The zero-order chi connectivity index (χ0) is 18.1. The van der Waals surface area contributed by atoms with Gasteiger partial charge in [-0.15, -0.1) is 0 Å². The lowest BCUT2D eigenvalue weighted by Gasteiger charge is -2.27. The quantitative estimate of drug-likeness (QED) is 0.775. The molecule has 1 unspecified atom stereocenters. The summed E-state index contributed by atoms with van der Waals surface area (Å²) >= 11 is 0. The average molecular weight is 342 g/mol. The van der Waals surface area contributed by atoms with Crippen LogP contribution in [0, 0.1) is 11.3 Å². The normalized spacial score (nSPS) is 15.7. The van der Waals surface area contributed by atoms with E-state index in [0.717, 1.165) is 16.8 Å². The van der Waals surface area contributed by atoms with Gasteiger partial charge in [-0.2, -0.15) is 5.26 Å². The Bertz CT molecular complexity index is 1030. The first-order valence-corrected chi connectivity index (χ1v) is 8.64. The molecular weight excluding hydrogens is 324 g/mol. The van der Waals surface area contributed by atoms with Crippen molar-refractivity contribution in [2.24, 2.45) is 0 Å². The van der Waals surface area contributed by atoms with E-state index in [2.05, 4.69) is 35.2 Å². The van der Waals surface area contributed by atoms with Crippen molar-refractivity contribution < 1.29 is 9.90 Å². The first-order chi connectivity index (χ1) is 12.7. The van der Waals surface area contributed by atoms with Gasteiger partial charge >= 0.3 is 5.97 Å². The molecule has 0 fully saturated rings. The number of carbonyl (C=O) groups is 1. The van der Waals surface area contributed by atoms with Crippen molar-refractivity contribution in [3.63, 3.8) is 0 Å². The second-order valence-electron chi connectivity index (χ2n) is 6.68. The standard InChI is InChI=1S/C22H18N2O2/c23-13-15-8-9-17-11-19(12-22(25)26)24(21(17)10-15)14-18-6-3-5-16-4-1-2-7-20(16)18/h1-10,19H,11-12,14H2,(H,25,26). The van der Waals surface area contributed by atoms with Gasteiger partial charge in [0.05, 0.1) is 18.1 Å². The third-order valence-electron chi connectivity index (χ3n) is 5.05. The van der Waals surface area contributed by atoms with Crippen LogP contribution >= 0.6 is 0 Å². The topological polar surface area (TPSA) is 64.3 Å². The van der Waals surface area contributed by atoms with E-state index in [4.69, 9.17) is 0 Å². The molecule has 128 valence electrons. The summed E-state index contributed by atoms with van der Waals surface area (Å²) in [6.45, 7) is 0.626. The molecule has 0 aromatic heterocycles. The number of anilines is 1. The largest absolute Gasteiger partial charge is 0.481 e. The van der Waals surface area contributed by atoms with E-state index in [9.17, 15) is 15.2 Å². The highest BCUT2D eigenvalue weighted by Gasteiger charge is 2.31. The maximum absolute atomic E-state index is 11.4. The number of fused-ring (bicyclic) bond motifs is 2. The summed E-state index contributed by atoms with van der Waals surface area (Å²) in [5.41, 5.74) is 3.84. The van der Waals surface area contributed by atoms with Crippen LogP contribution in [0.25, 0.3) is 10.8 Å². The second kappa shape index (κ2) is 6.53. The van der Waals surface area contributed by atoms with Crippen LogP contribution < -0.4 is 4.90 Å². The van der Waals surface area contributed by atoms with Crippen LogP contribution in [0.1, 0.15) is 23.1 Å². The lowest BCUT2D eigenvalue weighted by atomic mass is 10.0. The van der Waals surface area contributed by atoms with E-state index in [1.54, 1.807) is 6.07 Å². The van der Waals surface area contributed by atoms with Crippen LogP contribution in [0.3, 0.4) is 0 Å². The van der Waals surface area contributed by atoms with Crippen LogP contribution in [0.2, 0.25) is 0 Å². The third kappa shape index (κ3) is 2.89. The number of carboxylic acid groups (broad SMARTS) is 1. The Morgan fingerprint density at radius 1 is 1.15 bits per heavy atom. The number of nitrogens with zero attached hydrogens (tertiary/aromatic N) is 2. The predicted octanol–water partition coefficient (Wildman–Crippen LogP) is 4.12. The Balaban J connectivity index is 1.77. The summed E-state index contributed by atoms with van der Waals surface area (Å²) in [5.74, 6) is -0.800. The fraction of sp³-hybridized carbons (Fsp3) is 0.182. The number of hydrogen-bond acceptors (Lipinski definition) is 3. The summed E-state index contributed by atoms with van der Waals surface area (Å²) in [4.78, 5) is 13.5. The van der Waals surface area contributed by atoms with Gasteiger partial charge in [-0.1, -0.05) is 48.5 Å². The zero-order valence-corrected chi connectivity index (χ0v) is 14.2. The van der Waals surface area contributed by atoms with E-state index >= 15 is 0 Å². The Hall–Kier alpha value is -3.32. The van der Waals surface area contributed by atoms with E-state index in [-0.39, 0.29) is 12.5 Å². The average Bonchev–Trinajstić information content (AvgIpc) is 2.97. The summed E-state index contributed by atoms with van der Waals surface area (Å²) in [7, 11) is 0. The predicted molar refractivity (Wildman–Crippen MR) is 101 cm³/mol. The summed E-state index contributed by atoms with van der Waals surface area (Å²) in [6.07, 6.45) is 0.777. The van der Waals surface area contributed by atoms with E-state index in [0.29, 0.717) is 18.5 Å². The van der Waals surface area contributed by atoms with Gasteiger partial charge in [0, 0.05) is 18.3 Å². The van der Waals surface area contributed by atoms with Crippen LogP contribution in [-0.4, -0.2) is 17.1 Å². The molecule has 26 heavy (non-hydrogen) atoms. The molecule has 1 N–H and O–H groups in total. The monoisotopic (exact) mass is 342 g/mol. The smallest absolute Gasteiger partial charge is 0.305 e. The van der Waals surface area contributed by atoms with Crippen LogP contribution in [0.4, 0.5) is 5.69 Å². The minimum absolute atomic E-state index is 0.0847. The number of rotatable bonds is 4. The van der Waals surface area contributed by atoms with Crippen molar-refractivity contribution in [3.8, 4) is 6.07 Å². The highest BCUT2D eigenvalue weighted by Crippen LogP contribution is 2.36. The lowest BCUT2D eigenvalue weighted by Crippen LogP contribution is -2.33. The Labute approximate surface area is 151 Å². The molecule has 0 saturated carbocycles. The third-order valence-corrected chi connectivity index (χ3v) is 5.05. The van der Waals surface area contributed by atoms with Crippen LogP contribution in [0.5, 0.6) is 0 Å². The Kier molecular flexibility index (Phi) is 4.06. The fourth-order valence-electron chi connectivity index (χ4n) is 3.85. The molecule has 4 nitrogen and oxygen atoms in total. The maximum Gasteiger partial charge on any atom is 0.305 e. The minimum atomic E-state index is -0.800. The van der Waals surface area contributed by atoms with Crippen molar-refractivity contribution in [1.82, 2.24) is 0 Å². The van der Waals surface area contributed by atoms with Crippen molar-refractivity contribution >= 4 is 22.4 Å². The van der Waals surface area contributed by atoms with E-state index in [1.807, 2.05) is 30.3 Å². The molecule has 3 aromatic carbocycles. The summed E-state index contributed by atoms with van der Waals surface area (Å²) < 4.78 is 0. The first kappa shape index (κ1) is 16.2. The first-order valence-electron chi connectivity index (χ1n) is 8.64. The van der Waals surface area contributed by atoms with Crippen molar-refractivity contribution in [1.29, 1.82) is 5.26 Å². The molecule has 0 amide bonds. The van der Waals surface area contributed by atoms with Gasteiger partial charge in [-0.25, -0.2) is 0 Å². The lowest BCUT2D eigenvalue weighted by molar-refractivity contribution is -0.137. The van der Waals surface area contributed by atoms with Gasteiger partial charge in [0.1, 0.15) is 0 Å². The van der Waals surface area contributed by atoms with Crippen molar-refractivity contribution in [2.75, 3.05) is 4.90 Å². The van der Waals surface area contributed by atoms with Crippen molar-refractivity contribution in [2.45, 2.75) is 25.4 Å². The van der Waals surface area contributed by atoms with E-state index in [1.165, 1.54) is 10.8 Å². The van der Waals surface area contributed by atoms with Gasteiger partial charge < -0.3 is 10.0 Å². The highest BCUT2D eigenvalue weighted by atomic mass is 16.4. The van der Waals surface area contributed by atoms with Gasteiger partial charge in [-0.3, -0.25) is 4.79 Å². The maximum atomic E-state index is 11.4. The molecule has 1 atom stereocenters. The highest BCUT2D eigenvalue weighted by molar-refractivity contribution is 5.86. The molecule has 0 spiro atoms. The number of benzene rings is 3. The Morgan fingerprint density at radius 3 is 2.77 bits per heavy atom. The number of carboxylic acids is 1. The SMILES string of the molecule is N#Cc1ccc2c(c1)N(Cc1cccc3ccccc13)C(CC(=O)O)C2. The van der Waals surface area contributed by atoms with Gasteiger partial charge in [-0.05, 0) is 40.5 Å². The van der Waals surface area contributed by atoms with Crippen LogP contribution in [-0.2, 0) is 17.8 Å². The molecule has 0 bridgehead atoms. The van der Waals surface area contributed by atoms with Crippen LogP contribution in [0.15, 0.2) is 60.7 Å². The molecule has 0 saturated heterocycles. The summed E-state index contributed by atoms with van der Waals surface area (Å²) in [5, 5.41) is 20.9. The molecule has 1 heterocycles. The van der Waals surface area contributed by atoms with Gasteiger partial charge in [0.2, 0.25) is 0 Å². The van der Waals surface area contributed by atoms with Gasteiger partial charge in [0.15, 0.2) is 0 Å². The molecule has 0 radical (unpaired) electrons.